The van der Waals surface area contributed by atoms with E-state index >= 15 is 0 Å². The van der Waals surface area contributed by atoms with Crippen LogP contribution in [0.25, 0.3) is 0 Å². The lowest BCUT2D eigenvalue weighted by Gasteiger charge is -2.33. The van der Waals surface area contributed by atoms with E-state index in [1.165, 1.54) is 5.56 Å². The first kappa shape index (κ1) is 23.0. The topological polar surface area (TPSA) is 60.5 Å². The zero-order valence-electron chi connectivity index (χ0n) is 18.5. The van der Waals surface area contributed by atoms with Crippen LogP contribution in [0, 0.1) is 5.92 Å². The zero-order chi connectivity index (χ0) is 21.3. The number of aldehydes is 1. The van der Waals surface area contributed by atoms with Gasteiger partial charge in [-0.05, 0) is 42.9 Å². The summed E-state index contributed by atoms with van der Waals surface area (Å²) < 4.78 is 21.3. The molecule has 7 heteroatoms. The number of benzene rings is 1. The molecule has 1 saturated carbocycles. The van der Waals surface area contributed by atoms with Crippen molar-refractivity contribution in [3.63, 3.8) is 0 Å². The van der Waals surface area contributed by atoms with E-state index in [4.69, 9.17) is 18.9 Å². The molecule has 4 rings (SSSR count). The number of nitrogens with zero attached hydrogens (tertiary/aromatic N) is 2. The summed E-state index contributed by atoms with van der Waals surface area (Å²) in [5, 5.41) is 0. The van der Waals surface area contributed by atoms with Crippen molar-refractivity contribution >= 4 is 6.29 Å². The Balaban J connectivity index is 0.000000199. The number of carbonyl (C=O) groups is 1. The molecular weight excluding hydrogens is 384 g/mol. The second kappa shape index (κ2) is 11.6. The number of hydrogen-bond acceptors (Lipinski definition) is 7. The van der Waals surface area contributed by atoms with Gasteiger partial charge in [0.1, 0.15) is 6.29 Å². The van der Waals surface area contributed by atoms with Crippen LogP contribution < -0.4 is 9.47 Å². The molecule has 1 aliphatic carbocycles. The highest BCUT2D eigenvalue weighted by molar-refractivity contribution is 5.52. The summed E-state index contributed by atoms with van der Waals surface area (Å²) in [6.45, 7) is 7.96. The van der Waals surface area contributed by atoms with Crippen molar-refractivity contribution in [1.29, 1.82) is 0 Å². The van der Waals surface area contributed by atoms with E-state index in [9.17, 15) is 4.79 Å². The zero-order valence-corrected chi connectivity index (χ0v) is 18.5. The number of piperazine rings is 1. The molecule has 0 amide bonds. The number of hydrogen-bond donors (Lipinski definition) is 0. The van der Waals surface area contributed by atoms with E-state index in [0.29, 0.717) is 31.5 Å². The molecule has 2 heterocycles. The van der Waals surface area contributed by atoms with E-state index in [0.717, 1.165) is 69.8 Å². The first-order valence-electron chi connectivity index (χ1n) is 11.0. The highest BCUT2D eigenvalue weighted by atomic mass is 16.7. The Morgan fingerprint density at radius 2 is 1.77 bits per heavy atom. The summed E-state index contributed by atoms with van der Waals surface area (Å²) in [6, 6.07) is 6.12. The number of rotatable bonds is 6. The molecule has 7 nitrogen and oxygen atoms in total. The molecule has 1 saturated heterocycles. The van der Waals surface area contributed by atoms with Gasteiger partial charge in [0.15, 0.2) is 11.5 Å². The normalized spacial score (nSPS) is 26.7. The first-order valence-corrected chi connectivity index (χ1v) is 11.0. The van der Waals surface area contributed by atoms with Crippen LogP contribution >= 0.6 is 0 Å². The fraction of sp³-hybridized carbons (Fsp3) is 0.696. The summed E-state index contributed by atoms with van der Waals surface area (Å²) in [6.07, 6.45) is 5.36. The fourth-order valence-corrected chi connectivity index (χ4v) is 4.42. The maximum Gasteiger partial charge on any atom is 0.231 e. The van der Waals surface area contributed by atoms with Crippen molar-refractivity contribution in [3.8, 4) is 11.5 Å². The smallest absolute Gasteiger partial charge is 0.231 e. The molecule has 168 valence electrons. The van der Waals surface area contributed by atoms with E-state index in [1.54, 1.807) is 14.2 Å². The average Bonchev–Trinajstić information content (AvgIpc) is 3.23. The summed E-state index contributed by atoms with van der Waals surface area (Å²) in [4.78, 5) is 15.1. The molecule has 2 aliphatic heterocycles. The summed E-state index contributed by atoms with van der Waals surface area (Å²) >= 11 is 0. The standard InChI is InChI=1S/C14H18N2O3.C9H18O2/c17-8-7-15-3-5-16(6-4-15)10-12-1-2-13-14(9-12)19-11-18-13;1-7-6-8(10-2)4-5-9(7)11-3/h1-2,8-9H,3-7,10-11H2;7-9H,4-6H2,1-3H3. The van der Waals surface area contributed by atoms with Crippen molar-refractivity contribution in [1.82, 2.24) is 9.80 Å². The monoisotopic (exact) mass is 420 g/mol. The number of fused-ring (bicyclic) bond motifs is 1. The van der Waals surface area contributed by atoms with E-state index in [2.05, 4.69) is 28.9 Å². The third kappa shape index (κ3) is 6.41. The fourth-order valence-electron chi connectivity index (χ4n) is 4.42. The van der Waals surface area contributed by atoms with E-state index in [1.807, 2.05) is 6.07 Å². The molecular formula is C23H36N2O5. The van der Waals surface area contributed by atoms with Gasteiger partial charge >= 0.3 is 0 Å². The minimum Gasteiger partial charge on any atom is -0.454 e. The van der Waals surface area contributed by atoms with Crippen molar-refractivity contribution < 1.29 is 23.7 Å². The molecule has 3 aliphatic rings. The van der Waals surface area contributed by atoms with Gasteiger partial charge in [0.2, 0.25) is 6.79 Å². The van der Waals surface area contributed by atoms with Crippen LogP contribution in [-0.2, 0) is 20.8 Å². The molecule has 1 aromatic carbocycles. The summed E-state index contributed by atoms with van der Waals surface area (Å²) in [5.41, 5.74) is 1.24. The van der Waals surface area contributed by atoms with Crippen molar-refractivity contribution in [2.45, 2.75) is 44.9 Å². The Morgan fingerprint density at radius 3 is 2.43 bits per heavy atom. The maximum absolute atomic E-state index is 10.5. The number of methoxy groups -OCH3 is 2. The summed E-state index contributed by atoms with van der Waals surface area (Å²) in [5.74, 6) is 2.33. The van der Waals surface area contributed by atoms with Gasteiger partial charge in [-0.1, -0.05) is 13.0 Å². The highest BCUT2D eigenvalue weighted by Crippen LogP contribution is 2.33. The first-order chi connectivity index (χ1) is 14.6. The van der Waals surface area contributed by atoms with Gasteiger partial charge in [-0.25, -0.2) is 0 Å². The van der Waals surface area contributed by atoms with Crippen LogP contribution in [0.15, 0.2) is 18.2 Å². The molecule has 1 aromatic rings. The Bertz CT molecular complexity index is 663. The van der Waals surface area contributed by atoms with Gasteiger partial charge in [-0.3, -0.25) is 9.80 Å². The van der Waals surface area contributed by atoms with Gasteiger partial charge in [-0.2, -0.15) is 0 Å². The molecule has 3 unspecified atom stereocenters. The lowest BCUT2D eigenvalue weighted by Crippen LogP contribution is -2.46. The van der Waals surface area contributed by atoms with Crippen LogP contribution in [0.3, 0.4) is 0 Å². The van der Waals surface area contributed by atoms with Crippen LogP contribution in [-0.4, -0.2) is 82.0 Å². The van der Waals surface area contributed by atoms with Gasteiger partial charge in [-0.15, -0.1) is 0 Å². The van der Waals surface area contributed by atoms with Gasteiger partial charge in [0.05, 0.1) is 18.8 Å². The molecule has 2 fully saturated rings. The van der Waals surface area contributed by atoms with Crippen LogP contribution in [0.4, 0.5) is 0 Å². The third-order valence-electron chi connectivity index (χ3n) is 6.32. The Hall–Kier alpha value is -1.67. The van der Waals surface area contributed by atoms with Gasteiger partial charge in [0.25, 0.3) is 0 Å². The van der Waals surface area contributed by atoms with Crippen LogP contribution in [0.1, 0.15) is 31.7 Å². The molecule has 0 spiro atoms. The number of carbonyl (C=O) groups excluding carboxylic acids is 1. The second-order valence-corrected chi connectivity index (χ2v) is 8.35. The van der Waals surface area contributed by atoms with Crippen molar-refractivity contribution in [2.75, 3.05) is 53.7 Å². The quantitative estimate of drug-likeness (QED) is 0.656. The lowest BCUT2D eigenvalue weighted by molar-refractivity contribution is -0.109. The molecule has 0 bridgehead atoms. The van der Waals surface area contributed by atoms with Crippen LogP contribution in [0.5, 0.6) is 11.5 Å². The second-order valence-electron chi connectivity index (χ2n) is 8.35. The van der Waals surface area contributed by atoms with Crippen molar-refractivity contribution in [2.24, 2.45) is 5.92 Å². The largest absolute Gasteiger partial charge is 0.454 e. The summed E-state index contributed by atoms with van der Waals surface area (Å²) in [7, 11) is 3.60. The molecule has 0 aromatic heterocycles. The number of ether oxygens (including phenoxy) is 4. The minimum atomic E-state index is 0.323. The Morgan fingerprint density at radius 1 is 1.03 bits per heavy atom. The Labute approximate surface area is 180 Å². The third-order valence-corrected chi connectivity index (χ3v) is 6.32. The molecule has 0 radical (unpaired) electrons. The average molecular weight is 421 g/mol. The highest BCUT2D eigenvalue weighted by Gasteiger charge is 2.27. The molecule has 0 N–H and O–H groups in total. The van der Waals surface area contributed by atoms with Gasteiger partial charge < -0.3 is 23.7 Å². The molecule has 30 heavy (non-hydrogen) atoms. The predicted molar refractivity (Wildman–Crippen MR) is 115 cm³/mol. The van der Waals surface area contributed by atoms with Gasteiger partial charge in [0, 0.05) is 46.9 Å². The van der Waals surface area contributed by atoms with E-state index in [-0.39, 0.29) is 0 Å². The Kier molecular flexibility index (Phi) is 8.93. The SMILES string of the molecule is COC1CCC(OC)C(C)C1.O=CCN1CCN(Cc2ccc3c(c2)OCO3)CC1. The lowest BCUT2D eigenvalue weighted by atomic mass is 9.86. The molecule has 3 atom stereocenters. The van der Waals surface area contributed by atoms with Crippen LogP contribution in [0.2, 0.25) is 0 Å². The predicted octanol–water partition coefficient (Wildman–Crippen LogP) is 2.57. The van der Waals surface area contributed by atoms with E-state index < -0.39 is 0 Å². The maximum atomic E-state index is 10.5. The minimum absolute atomic E-state index is 0.323. The van der Waals surface area contributed by atoms with Crippen molar-refractivity contribution in [3.05, 3.63) is 23.8 Å².